The number of carbonyl (C=O) groups excluding carboxylic acids is 2. The molecule has 1 N–H and O–H groups in total. The Morgan fingerprint density at radius 3 is 2.44 bits per heavy atom. The summed E-state index contributed by atoms with van der Waals surface area (Å²) >= 11 is 6.31. The van der Waals surface area contributed by atoms with Crippen molar-refractivity contribution in [1.82, 2.24) is 10.2 Å². The highest BCUT2D eigenvalue weighted by Crippen LogP contribution is 2.25. The monoisotopic (exact) mass is 536 g/mol. The van der Waals surface area contributed by atoms with Gasteiger partial charge < -0.3 is 10.2 Å². The van der Waals surface area contributed by atoms with Crippen LogP contribution in [0.1, 0.15) is 38.2 Å². The minimum absolute atomic E-state index is 0.0235. The number of nitrogens with one attached hydrogen (secondary N) is 1. The summed E-state index contributed by atoms with van der Waals surface area (Å²) in [5.41, 5.74) is 0.251. The largest absolute Gasteiger partial charge is 0.352 e. The van der Waals surface area contributed by atoms with E-state index >= 15 is 0 Å². The van der Waals surface area contributed by atoms with Crippen LogP contribution in [-0.4, -0.2) is 54.9 Å². The van der Waals surface area contributed by atoms with Crippen LogP contribution in [-0.2, 0) is 26.2 Å². The van der Waals surface area contributed by atoms with Gasteiger partial charge in [0.2, 0.25) is 21.8 Å². The third-order valence-electron chi connectivity index (χ3n) is 6.18. The van der Waals surface area contributed by atoms with Crippen molar-refractivity contribution in [3.8, 4) is 0 Å². The quantitative estimate of drug-likeness (QED) is 0.365. The third kappa shape index (κ3) is 6.94. The van der Waals surface area contributed by atoms with Gasteiger partial charge in [0.05, 0.1) is 16.9 Å². The summed E-state index contributed by atoms with van der Waals surface area (Å²) in [6.07, 6.45) is 4.69. The first-order chi connectivity index (χ1) is 17.0. The van der Waals surface area contributed by atoms with Crippen molar-refractivity contribution in [1.29, 1.82) is 0 Å². The number of nitrogens with zero attached hydrogens (tertiary/aromatic N) is 3. The normalized spacial score (nSPS) is 14.8. The fraction of sp³-hybridized carbons (Fsp3) is 0.417. The molecule has 1 atom stereocenters. The molecular weight excluding hydrogens is 508 g/mol. The van der Waals surface area contributed by atoms with Crippen LogP contribution in [0.3, 0.4) is 0 Å². The number of sulfonamides is 1. The molecule has 0 saturated heterocycles. The molecule has 0 heterocycles. The van der Waals surface area contributed by atoms with Gasteiger partial charge >= 0.3 is 0 Å². The van der Waals surface area contributed by atoms with Gasteiger partial charge in [-0.05, 0) is 37.5 Å². The molecule has 2 aromatic rings. The Hall–Kier alpha value is -3.18. The molecule has 1 fully saturated rings. The summed E-state index contributed by atoms with van der Waals surface area (Å²) in [5, 5.41) is 14.6. The Balaban J connectivity index is 1.91. The topological polar surface area (TPSA) is 130 Å². The lowest BCUT2D eigenvalue weighted by molar-refractivity contribution is -0.384. The average molecular weight is 537 g/mol. The molecule has 12 heteroatoms. The van der Waals surface area contributed by atoms with E-state index in [4.69, 9.17) is 11.6 Å². The molecule has 1 unspecified atom stereocenters. The number of nitro groups is 1. The summed E-state index contributed by atoms with van der Waals surface area (Å²) in [4.78, 5) is 38.4. The summed E-state index contributed by atoms with van der Waals surface area (Å²) in [6.45, 7) is 0.910. The second-order valence-electron chi connectivity index (χ2n) is 8.83. The number of amides is 2. The maximum Gasteiger partial charge on any atom is 0.271 e. The molecular formula is C24H29ClN4O6S. The van der Waals surface area contributed by atoms with Gasteiger partial charge in [-0.25, -0.2) is 8.42 Å². The summed E-state index contributed by atoms with van der Waals surface area (Å²) in [7, 11) is -4.00. The summed E-state index contributed by atoms with van der Waals surface area (Å²) < 4.78 is 26.0. The predicted octanol–water partition coefficient (Wildman–Crippen LogP) is 3.49. The number of hydrogen-bond acceptors (Lipinski definition) is 6. The van der Waals surface area contributed by atoms with Crippen LogP contribution < -0.4 is 9.62 Å². The summed E-state index contributed by atoms with van der Waals surface area (Å²) in [6, 6.07) is 11.0. The van der Waals surface area contributed by atoms with E-state index in [2.05, 4.69) is 5.32 Å². The Morgan fingerprint density at radius 1 is 1.17 bits per heavy atom. The van der Waals surface area contributed by atoms with Crippen LogP contribution in [0.2, 0.25) is 5.02 Å². The van der Waals surface area contributed by atoms with Gasteiger partial charge in [0.25, 0.3) is 5.69 Å². The number of anilines is 1. The van der Waals surface area contributed by atoms with E-state index in [9.17, 15) is 28.1 Å². The van der Waals surface area contributed by atoms with Crippen LogP contribution in [0, 0.1) is 10.1 Å². The minimum atomic E-state index is -4.00. The number of hydrogen-bond donors (Lipinski definition) is 1. The summed E-state index contributed by atoms with van der Waals surface area (Å²) in [5.74, 6) is -0.996. The van der Waals surface area contributed by atoms with Gasteiger partial charge in [-0.15, -0.1) is 0 Å². The van der Waals surface area contributed by atoms with E-state index in [0.717, 1.165) is 42.3 Å². The lowest BCUT2D eigenvalue weighted by atomic mass is 10.1. The molecule has 0 radical (unpaired) electrons. The van der Waals surface area contributed by atoms with Crippen molar-refractivity contribution >= 4 is 44.8 Å². The van der Waals surface area contributed by atoms with Crippen molar-refractivity contribution < 1.29 is 22.9 Å². The lowest BCUT2D eigenvalue weighted by Gasteiger charge is -2.32. The van der Waals surface area contributed by atoms with E-state index in [1.807, 2.05) is 0 Å². The molecule has 2 aromatic carbocycles. The van der Waals surface area contributed by atoms with Crippen molar-refractivity contribution in [2.45, 2.75) is 51.2 Å². The number of nitro benzene ring substituents is 1. The molecule has 3 rings (SSSR count). The Bertz CT molecular complexity index is 1230. The zero-order valence-corrected chi connectivity index (χ0v) is 21.7. The second kappa shape index (κ2) is 11.7. The fourth-order valence-corrected chi connectivity index (χ4v) is 5.20. The number of carbonyl (C=O) groups is 2. The fourth-order valence-electron chi connectivity index (χ4n) is 4.16. The molecule has 0 aliphatic heterocycles. The van der Waals surface area contributed by atoms with E-state index < -0.39 is 33.4 Å². The Labute approximate surface area is 215 Å². The highest BCUT2D eigenvalue weighted by molar-refractivity contribution is 7.92. The number of rotatable bonds is 10. The first kappa shape index (κ1) is 27.4. The number of benzene rings is 2. The van der Waals surface area contributed by atoms with Gasteiger partial charge in [0.15, 0.2) is 0 Å². The predicted molar refractivity (Wildman–Crippen MR) is 137 cm³/mol. The molecule has 0 aromatic heterocycles. The zero-order chi connectivity index (χ0) is 26.5. The highest BCUT2D eigenvalue weighted by Gasteiger charge is 2.32. The first-order valence-electron chi connectivity index (χ1n) is 11.5. The third-order valence-corrected chi connectivity index (χ3v) is 7.68. The van der Waals surface area contributed by atoms with Crippen molar-refractivity contribution in [2.75, 3.05) is 17.1 Å². The smallest absolute Gasteiger partial charge is 0.271 e. The molecule has 194 valence electrons. The maximum atomic E-state index is 13.6. The maximum absolute atomic E-state index is 13.6. The molecule has 0 bridgehead atoms. The van der Waals surface area contributed by atoms with E-state index in [0.29, 0.717) is 10.6 Å². The molecule has 1 aliphatic carbocycles. The van der Waals surface area contributed by atoms with Crippen molar-refractivity contribution in [3.05, 3.63) is 69.2 Å². The molecule has 1 aliphatic rings. The minimum Gasteiger partial charge on any atom is -0.352 e. The molecule has 0 spiro atoms. The zero-order valence-electron chi connectivity index (χ0n) is 20.1. The van der Waals surface area contributed by atoms with Crippen molar-refractivity contribution in [3.63, 3.8) is 0 Å². The van der Waals surface area contributed by atoms with E-state index in [1.165, 1.54) is 23.1 Å². The Kier molecular flexibility index (Phi) is 8.91. The van der Waals surface area contributed by atoms with Gasteiger partial charge in [0.1, 0.15) is 12.6 Å². The molecule has 1 saturated carbocycles. The number of non-ortho nitro benzene ring substituents is 1. The van der Waals surface area contributed by atoms with Crippen LogP contribution in [0.4, 0.5) is 11.4 Å². The molecule has 36 heavy (non-hydrogen) atoms. The molecule has 2 amide bonds. The van der Waals surface area contributed by atoms with Gasteiger partial charge in [0, 0.05) is 29.7 Å². The van der Waals surface area contributed by atoms with Crippen molar-refractivity contribution in [2.24, 2.45) is 0 Å². The van der Waals surface area contributed by atoms with Crippen LogP contribution in [0.15, 0.2) is 48.5 Å². The van der Waals surface area contributed by atoms with Crippen LogP contribution in [0.5, 0.6) is 0 Å². The Morgan fingerprint density at radius 2 is 1.83 bits per heavy atom. The van der Waals surface area contributed by atoms with Crippen LogP contribution in [0.25, 0.3) is 0 Å². The van der Waals surface area contributed by atoms with Crippen LogP contribution >= 0.6 is 11.6 Å². The average Bonchev–Trinajstić information content (AvgIpc) is 3.33. The van der Waals surface area contributed by atoms with Gasteiger partial charge in [-0.2, -0.15) is 0 Å². The van der Waals surface area contributed by atoms with Gasteiger partial charge in [-0.1, -0.05) is 48.7 Å². The lowest BCUT2D eigenvalue weighted by Crippen LogP contribution is -2.52. The van der Waals surface area contributed by atoms with E-state index in [-0.39, 0.29) is 29.9 Å². The standard InChI is InChI=1S/C24H29ClN4O6S/c1-17(24(31)26-19-9-4-5-10-19)27(15-18-8-3-6-13-22(18)25)23(30)16-28(36(2,34)35)20-11-7-12-21(14-20)29(32)33/h3,6-8,11-14,17,19H,4-5,9-10,15-16H2,1-2H3,(H,26,31). The second-order valence-corrected chi connectivity index (χ2v) is 11.1. The van der Waals surface area contributed by atoms with E-state index in [1.54, 1.807) is 31.2 Å². The number of halogens is 1. The molecule has 10 nitrogen and oxygen atoms in total. The first-order valence-corrected chi connectivity index (χ1v) is 13.8. The SMILES string of the molecule is CC(C(=O)NC1CCCC1)N(Cc1ccccc1Cl)C(=O)CN(c1cccc([N+](=O)[O-])c1)S(C)(=O)=O. The highest BCUT2D eigenvalue weighted by atomic mass is 35.5. The van der Waals surface area contributed by atoms with Gasteiger partial charge in [-0.3, -0.25) is 24.0 Å².